The molecule has 0 aliphatic carbocycles. The Morgan fingerprint density at radius 3 is 3.00 bits per heavy atom. The van der Waals surface area contributed by atoms with Crippen molar-refractivity contribution in [3.05, 3.63) is 18.0 Å². The molecule has 1 atom stereocenters. The van der Waals surface area contributed by atoms with E-state index in [0.29, 0.717) is 6.54 Å². The van der Waals surface area contributed by atoms with Gasteiger partial charge in [-0.15, -0.1) is 0 Å². The lowest BCUT2D eigenvalue weighted by Gasteiger charge is -2.07. The van der Waals surface area contributed by atoms with Crippen LogP contribution in [0.1, 0.15) is 12.6 Å². The molecule has 1 rings (SSSR count). The maximum absolute atomic E-state index is 8.73. The molecule has 0 aliphatic rings. The van der Waals surface area contributed by atoms with Crippen LogP contribution in [0.4, 0.5) is 0 Å². The molecule has 1 aromatic heterocycles. The van der Waals surface area contributed by atoms with Gasteiger partial charge in [0.05, 0.1) is 12.3 Å². The molecule has 0 radical (unpaired) electrons. The van der Waals surface area contributed by atoms with Crippen LogP contribution in [0.25, 0.3) is 0 Å². The van der Waals surface area contributed by atoms with E-state index >= 15 is 0 Å². The third-order valence-electron chi connectivity index (χ3n) is 1.67. The molecule has 0 aliphatic heterocycles. The van der Waals surface area contributed by atoms with E-state index in [4.69, 9.17) is 5.11 Å². The number of hydrogen-bond acceptors (Lipinski definition) is 3. The highest BCUT2D eigenvalue weighted by atomic mass is 16.3. The van der Waals surface area contributed by atoms with Crippen molar-refractivity contribution in [2.24, 2.45) is 7.05 Å². The van der Waals surface area contributed by atoms with E-state index in [1.54, 1.807) is 4.68 Å². The second kappa shape index (κ2) is 4.23. The Morgan fingerprint density at radius 2 is 2.50 bits per heavy atom. The van der Waals surface area contributed by atoms with Crippen molar-refractivity contribution in [1.29, 1.82) is 0 Å². The van der Waals surface area contributed by atoms with Crippen LogP contribution in [0.2, 0.25) is 0 Å². The fourth-order valence-corrected chi connectivity index (χ4v) is 0.901. The monoisotopic (exact) mass is 169 g/mol. The van der Waals surface area contributed by atoms with Crippen LogP contribution in [0.5, 0.6) is 0 Å². The summed E-state index contributed by atoms with van der Waals surface area (Å²) >= 11 is 0. The first-order chi connectivity index (χ1) is 5.72. The van der Waals surface area contributed by atoms with Gasteiger partial charge in [0.2, 0.25) is 0 Å². The molecule has 0 spiro atoms. The zero-order valence-corrected chi connectivity index (χ0v) is 7.49. The molecule has 0 fully saturated rings. The van der Waals surface area contributed by atoms with Crippen molar-refractivity contribution in [2.75, 3.05) is 6.61 Å². The highest BCUT2D eigenvalue weighted by Gasteiger charge is 2.00. The van der Waals surface area contributed by atoms with Gasteiger partial charge < -0.3 is 10.4 Å². The highest BCUT2D eigenvalue weighted by Crippen LogP contribution is 1.93. The fourth-order valence-electron chi connectivity index (χ4n) is 0.901. The predicted molar refractivity (Wildman–Crippen MR) is 46.6 cm³/mol. The molecule has 68 valence electrons. The summed E-state index contributed by atoms with van der Waals surface area (Å²) < 4.78 is 1.76. The smallest absolute Gasteiger partial charge is 0.0762 e. The molecular weight excluding hydrogens is 154 g/mol. The van der Waals surface area contributed by atoms with Gasteiger partial charge in [-0.25, -0.2) is 0 Å². The molecule has 0 amide bonds. The van der Waals surface area contributed by atoms with Gasteiger partial charge in [0, 0.05) is 25.8 Å². The molecule has 0 aromatic carbocycles. The van der Waals surface area contributed by atoms with E-state index in [2.05, 4.69) is 10.4 Å². The first-order valence-electron chi connectivity index (χ1n) is 4.05. The molecule has 4 heteroatoms. The van der Waals surface area contributed by atoms with Crippen LogP contribution >= 0.6 is 0 Å². The largest absolute Gasteiger partial charge is 0.395 e. The number of aliphatic hydroxyl groups is 1. The topological polar surface area (TPSA) is 50.1 Å². The molecular formula is C8H15N3O. The second-order valence-electron chi connectivity index (χ2n) is 2.95. The molecule has 1 unspecified atom stereocenters. The third-order valence-corrected chi connectivity index (χ3v) is 1.67. The summed E-state index contributed by atoms with van der Waals surface area (Å²) in [7, 11) is 1.89. The molecule has 0 bridgehead atoms. The SMILES string of the molecule is CC(CO)NCc1ccn(C)n1. The summed E-state index contributed by atoms with van der Waals surface area (Å²) in [6.07, 6.45) is 1.90. The second-order valence-corrected chi connectivity index (χ2v) is 2.95. The van der Waals surface area contributed by atoms with Gasteiger partial charge in [-0.2, -0.15) is 5.10 Å². The lowest BCUT2D eigenvalue weighted by atomic mass is 10.3. The van der Waals surface area contributed by atoms with Crippen LogP contribution < -0.4 is 5.32 Å². The van der Waals surface area contributed by atoms with E-state index in [1.165, 1.54) is 0 Å². The molecule has 0 saturated heterocycles. The first-order valence-corrected chi connectivity index (χ1v) is 4.05. The number of aromatic nitrogens is 2. The molecule has 2 N–H and O–H groups in total. The molecule has 1 aromatic rings. The number of aryl methyl sites for hydroxylation is 1. The van der Waals surface area contributed by atoms with Crippen molar-refractivity contribution >= 4 is 0 Å². The van der Waals surface area contributed by atoms with Crippen LogP contribution in [0.15, 0.2) is 12.3 Å². The van der Waals surface area contributed by atoms with Crippen LogP contribution in [-0.4, -0.2) is 27.5 Å². The third kappa shape index (κ3) is 2.64. The van der Waals surface area contributed by atoms with Gasteiger partial charge in [0.25, 0.3) is 0 Å². The predicted octanol–water partition coefficient (Wildman–Crippen LogP) is -0.110. The van der Waals surface area contributed by atoms with Gasteiger partial charge in [-0.3, -0.25) is 4.68 Å². The average molecular weight is 169 g/mol. The van der Waals surface area contributed by atoms with Crippen molar-refractivity contribution in [3.63, 3.8) is 0 Å². The summed E-state index contributed by atoms with van der Waals surface area (Å²) in [5.41, 5.74) is 0.998. The van der Waals surface area contributed by atoms with E-state index in [-0.39, 0.29) is 12.6 Å². The molecule has 1 heterocycles. The van der Waals surface area contributed by atoms with E-state index in [9.17, 15) is 0 Å². The maximum atomic E-state index is 8.73. The zero-order chi connectivity index (χ0) is 8.97. The fraction of sp³-hybridized carbons (Fsp3) is 0.625. The molecule has 0 saturated carbocycles. The Balaban J connectivity index is 2.33. The number of aliphatic hydroxyl groups excluding tert-OH is 1. The van der Waals surface area contributed by atoms with Crippen LogP contribution in [0.3, 0.4) is 0 Å². The Hall–Kier alpha value is -0.870. The van der Waals surface area contributed by atoms with Crippen molar-refractivity contribution in [2.45, 2.75) is 19.5 Å². The Bertz CT molecular complexity index is 234. The number of hydrogen-bond donors (Lipinski definition) is 2. The minimum atomic E-state index is 0.131. The van der Waals surface area contributed by atoms with Crippen LogP contribution in [0, 0.1) is 0 Å². The van der Waals surface area contributed by atoms with Gasteiger partial charge in [-0.05, 0) is 13.0 Å². The Morgan fingerprint density at radius 1 is 1.75 bits per heavy atom. The van der Waals surface area contributed by atoms with Crippen molar-refractivity contribution < 1.29 is 5.11 Å². The average Bonchev–Trinajstić information content (AvgIpc) is 2.47. The molecule has 4 nitrogen and oxygen atoms in total. The number of rotatable bonds is 4. The zero-order valence-electron chi connectivity index (χ0n) is 7.49. The lowest BCUT2D eigenvalue weighted by molar-refractivity contribution is 0.250. The quantitative estimate of drug-likeness (QED) is 0.661. The van der Waals surface area contributed by atoms with Gasteiger partial charge in [-0.1, -0.05) is 0 Å². The summed E-state index contributed by atoms with van der Waals surface area (Å²) in [5, 5.41) is 16.1. The highest BCUT2D eigenvalue weighted by molar-refractivity contribution is 4.98. The first kappa shape index (κ1) is 9.22. The summed E-state index contributed by atoms with van der Waals surface area (Å²) in [6.45, 7) is 2.80. The normalized spacial score (nSPS) is 13.2. The minimum Gasteiger partial charge on any atom is -0.395 e. The lowest BCUT2D eigenvalue weighted by Crippen LogP contribution is -2.28. The molecule has 12 heavy (non-hydrogen) atoms. The van der Waals surface area contributed by atoms with Crippen molar-refractivity contribution in [1.82, 2.24) is 15.1 Å². The summed E-state index contributed by atoms with van der Waals surface area (Å²) in [5.74, 6) is 0. The number of nitrogens with zero attached hydrogens (tertiary/aromatic N) is 2. The standard InChI is InChI=1S/C8H15N3O/c1-7(6-12)9-5-8-3-4-11(2)10-8/h3-4,7,9,12H,5-6H2,1-2H3. The van der Waals surface area contributed by atoms with Crippen LogP contribution in [-0.2, 0) is 13.6 Å². The summed E-state index contributed by atoms with van der Waals surface area (Å²) in [6, 6.07) is 2.09. The number of nitrogens with one attached hydrogen (secondary N) is 1. The Kier molecular flexibility index (Phi) is 3.25. The minimum absolute atomic E-state index is 0.131. The van der Waals surface area contributed by atoms with Gasteiger partial charge in [0.15, 0.2) is 0 Å². The van der Waals surface area contributed by atoms with E-state index in [1.807, 2.05) is 26.2 Å². The maximum Gasteiger partial charge on any atom is 0.0762 e. The van der Waals surface area contributed by atoms with Gasteiger partial charge in [0.1, 0.15) is 0 Å². The Labute approximate surface area is 72.2 Å². The van der Waals surface area contributed by atoms with E-state index in [0.717, 1.165) is 5.69 Å². The van der Waals surface area contributed by atoms with E-state index < -0.39 is 0 Å². The van der Waals surface area contributed by atoms with Gasteiger partial charge >= 0.3 is 0 Å². The van der Waals surface area contributed by atoms with Crippen molar-refractivity contribution in [3.8, 4) is 0 Å². The summed E-state index contributed by atoms with van der Waals surface area (Å²) in [4.78, 5) is 0.